The molecule has 1 aliphatic rings. The molecule has 0 bridgehead atoms. The third-order valence-corrected chi connectivity index (χ3v) is 1.55. The monoisotopic (exact) mass is 147 g/mol. The molecule has 1 unspecified atom stereocenters. The lowest BCUT2D eigenvalue weighted by Gasteiger charge is -2.05. The summed E-state index contributed by atoms with van der Waals surface area (Å²) in [7, 11) is 2.38. The molecule has 0 spiro atoms. The van der Waals surface area contributed by atoms with Gasteiger partial charge in [-0.3, -0.25) is 9.88 Å². The highest BCUT2D eigenvalue weighted by Gasteiger charge is 2.21. The normalized spacial score (nSPS) is 26.3. The van der Waals surface area contributed by atoms with Gasteiger partial charge < -0.3 is 4.74 Å². The van der Waals surface area contributed by atoms with Crippen LogP contribution in [-0.2, 0) is 9.53 Å². The SMILES string of the molecule is O=C1CC[C@H](CNP)O1. The van der Waals surface area contributed by atoms with E-state index in [1.165, 1.54) is 0 Å². The van der Waals surface area contributed by atoms with Crippen LogP contribution in [0, 0.1) is 0 Å². The minimum absolute atomic E-state index is 0.0692. The van der Waals surface area contributed by atoms with E-state index in [-0.39, 0.29) is 12.1 Å². The lowest BCUT2D eigenvalue weighted by Crippen LogP contribution is -2.19. The van der Waals surface area contributed by atoms with Gasteiger partial charge in [-0.25, -0.2) is 0 Å². The molecule has 4 heteroatoms. The second kappa shape index (κ2) is 3.14. The second-order valence-electron chi connectivity index (χ2n) is 2.06. The first-order valence-corrected chi connectivity index (χ1v) is 3.53. The number of ether oxygens (including phenoxy) is 1. The van der Waals surface area contributed by atoms with Gasteiger partial charge in [0.2, 0.25) is 0 Å². The summed E-state index contributed by atoms with van der Waals surface area (Å²) in [6.45, 7) is 0.746. The fourth-order valence-corrected chi connectivity index (χ4v) is 1.12. The lowest BCUT2D eigenvalue weighted by atomic mass is 10.2. The summed E-state index contributed by atoms with van der Waals surface area (Å²) in [6.07, 6.45) is 1.55. The molecule has 0 amide bonds. The predicted octanol–water partition coefficient (Wildman–Crippen LogP) is 0.0717. The van der Waals surface area contributed by atoms with E-state index in [2.05, 4.69) is 14.5 Å². The zero-order valence-corrected chi connectivity index (χ0v) is 6.25. The topological polar surface area (TPSA) is 38.3 Å². The van der Waals surface area contributed by atoms with Crippen molar-refractivity contribution in [3.63, 3.8) is 0 Å². The first-order valence-electron chi connectivity index (χ1n) is 2.96. The van der Waals surface area contributed by atoms with E-state index in [0.717, 1.165) is 13.0 Å². The van der Waals surface area contributed by atoms with Gasteiger partial charge in [0.15, 0.2) is 0 Å². The Hall–Kier alpha value is -0.140. The van der Waals surface area contributed by atoms with Gasteiger partial charge in [0, 0.05) is 13.0 Å². The van der Waals surface area contributed by atoms with E-state index in [0.29, 0.717) is 6.42 Å². The van der Waals surface area contributed by atoms with E-state index >= 15 is 0 Å². The van der Waals surface area contributed by atoms with Gasteiger partial charge in [-0.2, -0.15) is 0 Å². The highest BCUT2D eigenvalue weighted by atomic mass is 31.0. The van der Waals surface area contributed by atoms with Crippen LogP contribution in [0.25, 0.3) is 0 Å². The Kier molecular flexibility index (Phi) is 2.43. The zero-order valence-electron chi connectivity index (χ0n) is 5.09. The summed E-state index contributed by atoms with van der Waals surface area (Å²) in [5.41, 5.74) is 0. The molecular weight excluding hydrogens is 137 g/mol. The Bertz CT molecular complexity index is 118. The summed E-state index contributed by atoms with van der Waals surface area (Å²) >= 11 is 0. The molecule has 9 heavy (non-hydrogen) atoms. The fourth-order valence-electron chi connectivity index (χ4n) is 0.858. The molecule has 0 aromatic rings. The van der Waals surface area contributed by atoms with Crippen LogP contribution in [0.2, 0.25) is 0 Å². The van der Waals surface area contributed by atoms with E-state index in [9.17, 15) is 4.79 Å². The van der Waals surface area contributed by atoms with Crippen LogP contribution >= 0.6 is 9.39 Å². The van der Waals surface area contributed by atoms with Crippen LogP contribution in [0.5, 0.6) is 0 Å². The van der Waals surface area contributed by atoms with Gasteiger partial charge in [0.25, 0.3) is 0 Å². The van der Waals surface area contributed by atoms with Gasteiger partial charge in [0.05, 0.1) is 0 Å². The van der Waals surface area contributed by atoms with Gasteiger partial charge in [-0.1, -0.05) is 9.39 Å². The molecule has 0 aliphatic carbocycles. The highest BCUT2D eigenvalue weighted by Crippen LogP contribution is 2.12. The van der Waals surface area contributed by atoms with E-state index in [1.807, 2.05) is 0 Å². The molecule has 0 radical (unpaired) electrons. The summed E-state index contributed by atoms with van der Waals surface area (Å²) in [5, 5.41) is 2.87. The molecule has 2 atom stereocenters. The number of esters is 1. The highest BCUT2D eigenvalue weighted by molar-refractivity contribution is 7.13. The van der Waals surface area contributed by atoms with E-state index in [1.54, 1.807) is 0 Å². The van der Waals surface area contributed by atoms with Gasteiger partial charge in [-0.05, 0) is 6.42 Å². The van der Waals surface area contributed by atoms with Crippen LogP contribution in [0.15, 0.2) is 0 Å². The van der Waals surface area contributed by atoms with Crippen LogP contribution in [0.3, 0.4) is 0 Å². The number of carbonyl (C=O) groups is 1. The third kappa shape index (κ3) is 1.92. The minimum atomic E-state index is -0.0692. The average Bonchev–Trinajstić information content (AvgIpc) is 2.17. The zero-order chi connectivity index (χ0) is 6.69. The van der Waals surface area contributed by atoms with E-state index < -0.39 is 0 Å². The maximum atomic E-state index is 10.5. The average molecular weight is 147 g/mol. The largest absolute Gasteiger partial charge is 0.461 e. The maximum Gasteiger partial charge on any atom is 0.306 e. The Labute approximate surface area is 56.4 Å². The lowest BCUT2D eigenvalue weighted by molar-refractivity contribution is -0.141. The summed E-state index contributed by atoms with van der Waals surface area (Å²) in [6, 6.07) is 0. The molecule has 1 fully saturated rings. The van der Waals surface area contributed by atoms with Crippen LogP contribution in [-0.4, -0.2) is 18.6 Å². The van der Waals surface area contributed by atoms with Crippen molar-refractivity contribution in [2.45, 2.75) is 18.9 Å². The first-order chi connectivity index (χ1) is 4.33. The Morgan fingerprint density at radius 2 is 2.67 bits per heavy atom. The Morgan fingerprint density at radius 3 is 3.11 bits per heavy atom. The molecule has 1 aliphatic heterocycles. The predicted molar refractivity (Wildman–Crippen MR) is 36.8 cm³/mol. The number of cyclic esters (lactones) is 1. The molecule has 52 valence electrons. The van der Waals surface area contributed by atoms with Crippen molar-refractivity contribution in [1.82, 2.24) is 5.09 Å². The molecular formula is C5H10NO2P. The van der Waals surface area contributed by atoms with Gasteiger partial charge in [-0.15, -0.1) is 0 Å². The van der Waals surface area contributed by atoms with Crippen molar-refractivity contribution < 1.29 is 9.53 Å². The summed E-state index contributed by atoms with van der Waals surface area (Å²) in [5.74, 6) is -0.0692. The molecule has 1 rings (SSSR count). The molecule has 0 aromatic carbocycles. The van der Waals surface area contributed by atoms with Gasteiger partial charge in [0.1, 0.15) is 6.10 Å². The Morgan fingerprint density at radius 1 is 1.89 bits per heavy atom. The molecule has 1 saturated heterocycles. The molecule has 3 nitrogen and oxygen atoms in total. The van der Waals surface area contributed by atoms with Crippen LogP contribution in [0.4, 0.5) is 0 Å². The molecule has 0 saturated carbocycles. The number of hydrogen-bond donors (Lipinski definition) is 1. The van der Waals surface area contributed by atoms with Crippen molar-refractivity contribution in [2.75, 3.05) is 6.54 Å². The molecule has 1 N–H and O–H groups in total. The quantitative estimate of drug-likeness (QED) is 0.443. The summed E-state index contributed by atoms with van der Waals surface area (Å²) in [4.78, 5) is 10.5. The maximum absolute atomic E-state index is 10.5. The van der Waals surface area contributed by atoms with Gasteiger partial charge >= 0.3 is 5.97 Å². The van der Waals surface area contributed by atoms with E-state index in [4.69, 9.17) is 4.74 Å². The second-order valence-corrected chi connectivity index (χ2v) is 2.47. The molecule has 1 heterocycles. The van der Waals surface area contributed by atoms with Crippen LogP contribution < -0.4 is 5.09 Å². The number of nitrogens with one attached hydrogen (secondary N) is 1. The number of carbonyl (C=O) groups excluding carboxylic acids is 1. The Balaban J connectivity index is 2.22. The number of hydrogen-bond acceptors (Lipinski definition) is 3. The van der Waals surface area contributed by atoms with Crippen molar-refractivity contribution in [1.29, 1.82) is 0 Å². The van der Waals surface area contributed by atoms with Crippen molar-refractivity contribution in [3.8, 4) is 0 Å². The molecule has 0 aromatic heterocycles. The van der Waals surface area contributed by atoms with Crippen LogP contribution in [0.1, 0.15) is 12.8 Å². The fraction of sp³-hybridized carbons (Fsp3) is 0.800. The smallest absolute Gasteiger partial charge is 0.306 e. The first kappa shape index (κ1) is 6.97. The summed E-state index contributed by atoms with van der Waals surface area (Å²) < 4.78 is 4.89. The third-order valence-electron chi connectivity index (χ3n) is 1.31. The van der Waals surface area contributed by atoms with Crippen molar-refractivity contribution in [2.24, 2.45) is 0 Å². The standard InChI is InChI=1S/C5H10NO2P/c7-5-2-1-4(8-5)3-6-9/h4,6H,1-3,9H2/t4-/m1/s1. The minimum Gasteiger partial charge on any atom is -0.461 e. The van der Waals surface area contributed by atoms with Crippen molar-refractivity contribution in [3.05, 3.63) is 0 Å². The number of rotatable bonds is 2. The van der Waals surface area contributed by atoms with Crippen molar-refractivity contribution >= 4 is 15.4 Å².